The molecular formula is C15H19N3O5. The first-order valence-corrected chi connectivity index (χ1v) is 7.44. The molecule has 1 aliphatic carbocycles. The van der Waals surface area contributed by atoms with Crippen molar-refractivity contribution in [3.63, 3.8) is 0 Å². The molecule has 1 aromatic carbocycles. The summed E-state index contributed by atoms with van der Waals surface area (Å²) in [5.74, 6) is -0.665. The van der Waals surface area contributed by atoms with Crippen LogP contribution in [-0.2, 0) is 4.79 Å². The van der Waals surface area contributed by atoms with Crippen molar-refractivity contribution in [2.75, 3.05) is 6.61 Å². The number of nitrogens with zero attached hydrogens (tertiary/aromatic N) is 1. The Labute approximate surface area is 133 Å². The van der Waals surface area contributed by atoms with E-state index in [-0.39, 0.29) is 17.5 Å². The van der Waals surface area contributed by atoms with Crippen molar-refractivity contribution in [2.45, 2.75) is 38.6 Å². The van der Waals surface area contributed by atoms with Gasteiger partial charge in [0, 0.05) is 12.1 Å². The number of rotatable bonds is 5. The average Bonchev–Trinajstić information content (AvgIpc) is 2.98. The van der Waals surface area contributed by atoms with Crippen LogP contribution in [0, 0.1) is 17.0 Å². The molecule has 1 saturated carbocycles. The van der Waals surface area contributed by atoms with Gasteiger partial charge in [0.1, 0.15) is 0 Å². The molecule has 0 saturated heterocycles. The number of nitro groups is 1. The molecule has 0 unspecified atom stereocenters. The third-order valence-corrected chi connectivity index (χ3v) is 3.61. The second kappa shape index (κ2) is 7.57. The number of urea groups is 1. The summed E-state index contributed by atoms with van der Waals surface area (Å²) < 4.78 is 5.15. The summed E-state index contributed by atoms with van der Waals surface area (Å²) in [7, 11) is 0. The van der Waals surface area contributed by atoms with E-state index in [1.807, 2.05) is 0 Å². The van der Waals surface area contributed by atoms with Gasteiger partial charge in [-0.1, -0.05) is 18.9 Å². The van der Waals surface area contributed by atoms with E-state index in [2.05, 4.69) is 10.6 Å². The molecule has 0 radical (unpaired) electrons. The first-order valence-electron chi connectivity index (χ1n) is 7.44. The number of hydrogen-bond donors (Lipinski definition) is 2. The Hall–Kier alpha value is -2.64. The van der Waals surface area contributed by atoms with Crippen LogP contribution < -0.4 is 15.4 Å². The van der Waals surface area contributed by atoms with E-state index in [4.69, 9.17) is 4.74 Å². The van der Waals surface area contributed by atoms with Crippen LogP contribution in [0.15, 0.2) is 18.2 Å². The zero-order chi connectivity index (χ0) is 16.8. The van der Waals surface area contributed by atoms with Crippen molar-refractivity contribution >= 4 is 17.6 Å². The van der Waals surface area contributed by atoms with Crippen molar-refractivity contribution in [2.24, 2.45) is 0 Å². The second-order valence-corrected chi connectivity index (χ2v) is 5.52. The van der Waals surface area contributed by atoms with Crippen molar-refractivity contribution in [3.8, 4) is 5.75 Å². The number of benzene rings is 1. The predicted molar refractivity (Wildman–Crippen MR) is 82.3 cm³/mol. The molecule has 0 heterocycles. The largest absolute Gasteiger partial charge is 0.477 e. The van der Waals surface area contributed by atoms with Crippen molar-refractivity contribution in [1.29, 1.82) is 0 Å². The van der Waals surface area contributed by atoms with Gasteiger partial charge >= 0.3 is 11.7 Å². The molecule has 23 heavy (non-hydrogen) atoms. The first kappa shape index (κ1) is 16.7. The fourth-order valence-electron chi connectivity index (χ4n) is 2.49. The van der Waals surface area contributed by atoms with E-state index in [1.54, 1.807) is 13.0 Å². The summed E-state index contributed by atoms with van der Waals surface area (Å²) in [4.78, 5) is 33.7. The van der Waals surface area contributed by atoms with Crippen LogP contribution in [0.1, 0.15) is 31.2 Å². The predicted octanol–water partition coefficient (Wildman–Crippen LogP) is 2.05. The van der Waals surface area contributed by atoms with Gasteiger partial charge in [-0.2, -0.15) is 0 Å². The molecule has 8 nitrogen and oxygen atoms in total. The van der Waals surface area contributed by atoms with Crippen molar-refractivity contribution < 1.29 is 19.2 Å². The minimum atomic E-state index is -0.657. The summed E-state index contributed by atoms with van der Waals surface area (Å²) in [6.07, 6.45) is 3.96. The molecule has 1 aromatic rings. The molecule has 0 aromatic heterocycles. The number of carbonyl (C=O) groups excluding carboxylic acids is 2. The number of amides is 3. The molecule has 0 aliphatic heterocycles. The van der Waals surface area contributed by atoms with Gasteiger partial charge < -0.3 is 10.1 Å². The van der Waals surface area contributed by atoms with Gasteiger partial charge in [0.25, 0.3) is 5.91 Å². The van der Waals surface area contributed by atoms with E-state index in [0.29, 0.717) is 5.56 Å². The Balaban J connectivity index is 1.84. The average molecular weight is 321 g/mol. The number of imide groups is 1. The topological polar surface area (TPSA) is 111 Å². The fourth-order valence-corrected chi connectivity index (χ4v) is 2.49. The second-order valence-electron chi connectivity index (χ2n) is 5.52. The number of nitrogens with one attached hydrogen (secondary N) is 2. The lowest BCUT2D eigenvalue weighted by Crippen LogP contribution is -2.45. The summed E-state index contributed by atoms with van der Waals surface area (Å²) in [6, 6.07) is 3.97. The van der Waals surface area contributed by atoms with Gasteiger partial charge in [-0.05, 0) is 31.4 Å². The molecule has 8 heteroatoms. The Bertz CT molecular complexity index is 611. The quantitative estimate of drug-likeness (QED) is 0.637. The highest BCUT2D eigenvalue weighted by Gasteiger charge is 2.19. The van der Waals surface area contributed by atoms with Crippen LogP contribution in [-0.4, -0.2) is 29.5 Å². The van der Waals surface area contributed by atoms with Crippen molar-refractivity contribution in [3.05, 3.63) is 33.9 Å². The van der Waals surface area contributed by atoms with E-state index in [1.165, 1.54) is 12.1 Å². The zero-order valence-corrected chi connectivity index (χ0v) is 12.8. The molecule has 1 aliphatic rings. The minimum absolute atomic E-state index is 0.00745. The SMILES string of the molecule is Cc1ccc(OCC(=O)NC(=O)NC2CCCC2)c([N+](=O)[O-])c1. The Morgan fingerprint density at radius 1 is 1.35 bits per heavy atom. The maximum atomic E-state index is 11.7. The zero-order valence-electron chi connectivity index (χ0n) is 12.8. The number of carbonyl (C=O) groups is 2. The molecule has 1 fully saturated rings. The highest BCUT2D eigenvalue weighted by atomic mass is 16.6. The third-order valence-electron chi connectivity index (χ3n) is 3.61. The smallest absolute Gasteiger partial charge is 0.321 e. The maximum absolute atomic E-state index is 11.7. The molecule has 2 rings (SSSR count). The van der Waals surface area contributed by atoms with Crippen molar-refractivity contribution in [1.82, 2.24) is 10.6 Å². The van der Waals surface area contributed by atoms with Gasteiger partial charge in [-0.15, -0.1) is 0 Å². The molecule has 124 valence electrons. The van der Waals surface area contributed by atoms with E-state index >= 15 is 0 Å². The van der Waals surface area contributed by atoms with Gasteiger partial charge in [-0.3, -0.25) is 20.2 Å². The fraction of sp³-hybridized carbons (Fsp3) is 0.467. The first-order chi connectivity index (χ1) is 11.0. The lowest BCUT2D eigenvalue weighted by atomic mass is 10.2. The molecule has 2 N–H and O–H groups in total. The van der Waals surface area contributed by atoms with Crippen LogP contribution in [0.5, 0.6) is 5.75 Å². The third kappa shape index (κ3) is 4.94. The lowest BCUT2D eigenvalue weighted by Gasteiger charge is -2.12. The van der Waals surface area contributed by atoms with Crippen LogP contribution in [0.3, 0.4) is 0 Å². The Morgan fingerprint density at radius 3 is 2.70 bits per heavy atom. The molecule has 0 atom stereocenters. The Morgan fingerprint density at radius 2 is 2.04 bits per heavy atom. The highest BCUT2D eigenvalue weighted by molar-refractivity contribution is 5.95. The van der Waals surface area contributed by atoms with Gasteiger partial charge in [0.15, 0.2) is 12.4 Å². The van der Waals surface area contributed by atoms with E-state index < -0.39 is 23.5 Å². The Kier molecular flexibility index (Phi) is 5.51. The summed E-state index contributed by atoms with van der Waals surface area (Å²) >= 11 is 0. The number of aryl methyl sites for hydroxylation is 1. The highest BCUT2D eigenvalue weighted by Crippen LogP contribution is 2.27. The number of hydrogen-bond acceptors (Lipinski definition) is 5. The lowest BCUT2D eigenvalue weighted by molar-refractivity contribution is -0.385. The van der Waals surface area contributed by atoms with Gasteiger partial charge in [0.2, 0.25) is 0 Å². The van der Waals surface area contributed by atoms with Crippen LogP contribution in [0.25, 0.3) is 0 Å². The molecule has 0 spiro atoms. The monoisotopic (exact) mass is 321 g/mol. The maximum Gasteiger partial charge on any atom is 0.321 e. The van der Waals surface area contributed by atoms with E-state index in [0.717, 1.165) is 25.7 Å². The van der Waals surface area contributed by atoms with Crippen LogP contribution in [0.4, 0.5) is 10.5 Å². The van der Waals surface area contributed by atoms with Crippen LogP contribution >= 0.6 is 0 Å². The molecule has 3 amide bonds. The number of ether oxygens (including phenoxy) is 1. The van der Waals surface area contributed by atoms with Gasteiger partial charge in [-0.25, -0.2) is 4.79 Å². The van der Waals surface area contributed by atoms with E-state index in [9.17, 15) is 19.7 Å². The number of nitro benzene ring substituents is 1. The molecular weight excluding hydrogens is 302 g/mol. The molecule has 0 bridgehead atoms. The summed E-state index contributed by atoms with van der Waals surface area (Å²) in [5.41, 5.74) is 0.498. The summed E-state index contributed by atoms with van der Waals surface area (Å²) in [5, 5.41) is 15.8. The standard InChI is InChI=1S/C15H19N3O5/c1-10-6-7-13(12(8-10)18(21)22)23-9-14(19)17-15(20)16-11-4-2-3-5-11/h6-8,11H,2-5,9H2,1H3,(H2,16,17,19,20). The minimum Gasteiger partial charge on any atom is -0.477 e. The van der Waals surface area contributed by atoms with Gasteiger partial charge in [0.05, 0.1) is 4.92 Å². The normalized spacial score (nSPS) is 14.3. The van der Waals surface area contributed by atoms with Crippen LogP contribution in [0.2, 0.25) is 0 Å². The summed E-state index contributed by atoms with van der Waals surface area (Å²) in [6.45, 7) is 1.25.